The highest BCUT2D eigenvalue weighted by molar-refractivity contribution is 7.86. The van der Waals surface area contributed by atoms with Crippen LogP contribution in [0.4, 0.5) is 4.79 Å². The van der Waals surface area contributed by atoms with Gasteiger partial charge in [0.2, 0.25) is 0 Å². The van der Waals surface area contributed by atoms with Crippen LogP contribution in [-0.4, -0.2) is 91.6 Å². The molecule has 32 heavy (non-hydrogen) atoms. The number of hydrogen-bond donors (Lipinski definition) is 1. The minimum absolute atomic E-state index is 0.00549. The van der Waals surface area contributed by atoms with Gasteiger partial charge in [0, 0.05) is 44.2 Å². The van der Waals surface area contributed by atoms with Crippen LogP contribution in [0.3, 0.4) is 0 Å². The maximum absolute atomic E-state index is 13.0. The molecule has 0 saturated carbocycles. The van der Waals surface area contributed by atoms with E-state index < -0.39 is 39.8 Å². The van der Waals surface area contributed by atoms with Crippen LogP contribution >= 0.6 is 0 Å². The predicted molar refractivity (Wildman–Crippen MR) is 112 cm³/mol. The molecular weight excluding hydrogens is 444 g/mol. The molecule has 1 N–H and O–H groups in total. The number of hydrogen-bond acceptors (Lipinski definition) is 9. The quantitative estimate of drug-likeness (QED) is 0.445. The lowest BCUT2D eigenvalue weighted by Gasteiger charge is -2.30. The Balaban J connectivity index is 2.09. The maximum atomic E-state index is 13.0. The van der Waals surface area contributed by atoms with Crippen molar-refractivity contribution in [3.05, 3.63) is 17.0 Å². The minimum atomic E-state index is -3.90. The molecule has 0 aromatic carbocycles. The van der Waals surface area contributed by atoms with Gasteiger partial charge in [-0.25, -0.2) is 9.59 Å². The van der Waals surface area contributed by atoms with Crippen molar-refractivity contribution in [3.8, 4) is 0 Å². The summed E-state index contributed by atoms with van der Waals surface area (Å²) in [4.78, 5) is 40.0. The second-order valence-corrected chi connectivity index (χ2v) is 10.1. The largest absolute Gasteiger partial charge is 0.467 e. The summed E-state index contributed by atoms with van der Waals surface area (Å²) in [6.07, 6.45) is -0.635. The molecule has 0 bridgehead atoms. The highest BCUT2D eigenvalue weighted by Gasteiger charge is 2.32. The van der Waals surface area contributed by atoms with Gasteiger partial charge in [0.25, 0.3) is 16.0 Å². The van der Waals surface area contributed by atoms with Gasteiger partial charge in [-0.3, -0.25) is 14.1 Å². The summed E-state index contributed by atoms with van der Waals surface area (Å²) in [5, 5.41) is 6.95. The van der Waals surface area contributed by atoms with Gasteiger partial charge in [-0.1, -0.05) is 0 Å². The topological polar surface area (TPSA) is 148 Å². The third-order valence-electron chi connectivity index (χ3n) is 4.62. The second kappa shape index (κ2) is 9.86. The minimum Gasteiger partial charge on any atom is -0.467 e. The van der Waals surface area contributed by atoms with Crippen LogP contribution < -0.4 is 0 Å². The Morgan fingerprint density at radius 2 is 1.94 bits per heavy atom. The number of carbonyl (C=O) groups is 3. The molecule has 1 aliphatic heterocycles. The first-order chi connectivity index (χ1) is 14.7. The van der Waals surface area contributed by atoms with Gasteiger partial charge in [-0.2, -0.15) is 13.5 Å². The first kappa shape index (κ1) is 25.6. The number of amides is 2. The molecule has 2 amide bonds. The first-order valence-electron chi connectivity index (χ1n) is 9.97. The van der Waals surface area contributed by atoms with Gasteiger partial charge in [0.05, 0.1) is 19.9 Å². The molecule has 1 unspecified atom stereocenters. The van der Waals surface area contributed by atoms with Crippen molar-refractivity contribution < 1.29 is 36.5 Å². The number of fused-ring (bicyclic) bond motifs is 1. The van der Waals surface area contributed by atoms with Crippen molar-refractivity contribution in [3.63, 3.8) is 0 Å². The summed E-state index contributed by atoms with van der Waals surface area (Å²) in [6, 6.07) is 0. The van der Waals surface area contributed by atoms with Gasteiger partial charge in [-0.05, 0) is 20.8 Å². The Kier molecular flexibility index (Phi) is 7.88. The number of ether oxygens (including phenoxy) is 2. The lowest BCUT2D eigenvalue weighted by molar-refractivity contribution is -0.149. The number of aromatic nitrogens is 2. The van der Waals surface area contributed by atoms with Gasteiger partial charge < -0.3 is 19.3 Å². The number of rotatable bonds is 7. The number of carbonyl (C=O) groups excluding carboxylic acids is 3. The van der Waals surface area contributed by atoms with Crippen molar-refractivity contribution in [1.29, 1.82) is 0 Å². The predicted octanol–water partition coefficient (Wildman–Crippen LogP) is 0.683. The summed E-state index contributed by atoms with van der Waals surface area (Å²) >= 11 is 0. The van der Waals surface area contributed by atoms with Gasteiger partial charge in [-0.15, -0.1) is 0 Å². The summed E-state index contributed by atoms with van der Waals surface area (Å²) < 4.78 is 37.5. The molecule has 1 aromatic rings. The number of nitrogens with one attached hydrogen (secondary N) is 1. The van der Waals surface area contributed by atoms with Crippen LogP contribution in [0.25, 0.3) is 0 Å². The molecule has 0 aliphatic carbocycles. The Morgan fingerprint density at radius 3 is 2.50 bits per heavy atom. The lowest BCUT2D eigenvalue weighted by Crippen LogP contribution is -2.40. The fourth-order valence-electron chi connectivity index (χ4n) is 3.10. The highest BCUT2D eigenvalue weighted by atomic mass is 32.2. The molecule has 1 aromatic heterocycles. The van der Waals surface area contributed by atoms with Crippen LogP contribution in [0, 0.1) is 0 Å². The normalized spacial score (nSPS) is 15.0. The summed E-state index contributed by atoms with van der Waals surface area (Å²) in [6.45, 7) is 5.92. The van der Waals surface area contributed by atoms with Crippen LogP contribution in [0.1, 0.15) is 48.9 Å². The Labute approximate surface area is 187 Å². The number of H-pyrrole nitrogens is 1. The first-order valence-corrected chi connectivity index (χ1v) is 11.8. The van der Waals surface area contributed by atoms with Crippen LogP contribution in [0.2, 0.25) is 0 Å². The molecule has 0 fully saturated rings. The zero-order valence-electron chi connectivity index (χ0n) is 19.1. The smallest absolute Gasteiger partial charge is 0.410 e. The van der Waals surface area contributed by atoms with E-state index >= 15 is 0 Å². The van der Waals surface area contributed by atoms with E-state index in [2.05, 4.69) is 14.9 Å². The number of aromatic amines is 1. The second-order valence-electron chi connectivity index (χ2n) is 8.51. The third-order valence-corrected chi connectivity index (χ3v) is 5.20. The molecular formula is C19H30N4O8S. The molecule has 2 rings (SSSR count). The molecule has 0 radical (unpaired) electrons. The van der Waals surface area contributed by atoms with Crippen LogP contribution in [0.15, 0.2) is 0 Å². The van der Waals surface area contributed by atoms with Gasteiger partial charge in [0.1, 0.15) is 5.60 Å². The zero-order valence-corrected chi connectivity index (χ0v) is 19.9. The highest BCUT2D eigenvalue weighted by Crippen LogP contribution is 2.23. The van der Waals surface area contributed by atoms with Crippen molar-refractivity contribution in [1.82, 2.24) is 20.0 Å². The van der Waals surface area contributed by atoms with E-state index in [4.69, 9.17) is 8.92 Å². The average molecular weight is 475 g/mol. The lowest BCUT2D eigenvalue weighted by atomic mass is 10.0. The van der Waals surface area contributed by atoms with Crippen LogP contribution in [0.5, 0.6) is 0 Å². The van der Waals surface area contributed by atoms with E-state index in [1.54, 1.807) is 20.8 Å². The summed E-state index contributed by atoms with van der Waals surface area (Å²) in [5.41, 5.74) is 0.858. The maximum Gasteiger partial charge on any atom is 0.410 e. The monoisotopic (exact) mass is 474 g/mol. The van der Waals surface area contributed by atoms with E-state index in [0.29, 0.717) is 18.5 Å². The summed E-state index contributed by atoms with van der Waals surface area (Å²) in [5.74, 6) is -1.31. The van der Waals surface area contributed by atoms with Crippen LogP contribution in [-0.2, 0) is 41.5 Å². The molecule has 180 valence electrons. The number of esters is 1. The molecule has 1 atom stereocenters. The van der Waals surface area contributed by atoms with Crippen molar-refractivity contribution in [2.24, 2.45) is 0 Å². The molecule has 1 aliphatic rings. The van der Waals surface area contributed by atoms with E-state index in [0.717, 1.165) is 19.1 Å². The third kappa shape index (κ3) is 6.92. The fraction of sp³-hybridized carbons (Fsp3) is 0.684. The Bertz CT molecular complexity index is 966. The van der Waals surface area contributed by atoms with Crippen molar-refractivity contribution in [2.75, 3.05) is 33.5 Å². The Morgan fingerprint density at radius 1 is 1.28 bits per heavy atom. The Hall–Kier alpha value is -2.67. The van der Waals surface area contributed by atoms with E-state index in [1.807, 2.05) is 0 Å². The SMILES string of the molecule is COC(=O)C(CCN(C)C(=O)c1n[nH]c2c1CN(C(=O)OC(C)(C)C)CC2)OS(C)(=O)=O. The zero-order chi connectivity index (χ0) is 24.3. The molecule has 2 heterocycles. The number of methoxy groups -OCH3 is 1. The van der Waals surface area contributed by atoms with Crippen molar-refractivity contribution >= 4 is 28.1 Å². The molecule has 12 nitrogen and oxygen atoms in total. The van der Waals surface area contributed by atoms with Gasteiger partial charge in [0.15, 0.2) is 11.8 Å². The fourth-order valence-corrected chi connectivity index (χ4v) is 3.69. The van der Waals surface area contributed by atoms with Gasteiger partial charge >= 0.3 is 12.1 Å². The van der Waals surface area contributed by atoms with E-state index in [9.17, 15) is 22.8 Å². The van der Waals surface area contributed by atoms with E-state index in [-0.39, 0.29) is 25.2 Å². The van der Waals surface area contributed by atoms with Crippen molar-refractivity contribution in [2.45, 2.75) is 51.9 Å². The van der Waals surface area contributed by atoms with E-state index in [1.165, 1.54) is 16.8 Å². The molecule has 0 spiro atoms. The molecule has 13 heteroatoms. The average Bonchev–Trinajstić information content (AvgIpc) is 3.10. The number of nitrogens with zero attached hydrogens (tertiary/aromatic N) is 3. The summed E-state index contributed by atoms with van der Waals surface area (Å²) in [7, 11) is -1.29. The standard InChI is InChI=1S/C19H30N4O8S/c1-19(2,3)30-18(26)23-10-7-13-12(11-23)15(21-20-13)16(24)22(4)9-8-14(17(25)29-5)31-32(6,27)28/h14H,7-11H2,1-6H3,(H,20,21). The molecule has 0 saturated heterocycles.